The van der Waals surface area contributed by atoms with Gasteiger partial charge in [-0.2, -0.15) is 4.40 Å². The Morgan fingerprint density at radius 3 is 2.50 bits per heavy atom. The Morgan fingerprint density at radius 2 is 1.89 bits per heavy atom. The predicted octanol–water partition coefficient (Wildman–Crippen LogP) is 2.62. The summed E-state index contributed by atoms with van der Waals surface area (Å²) in [6, 6.07) is 12.3. The van der Waals surface area contributed by atoms with Gasteiger partial charge >= 0.3 is 0 Å². The first kappa shape index (κ1) is 12.6. The van der Waals surface area contributed by atoms with Gasteiger partial charge in [0.05, 0.1) is 17.7 Å². The van der Waals surface area contributed by atoms with E-state index in [0.717, 1.165) is 0 Å². The fourth-order valence-electron chi connectivity index (χ4n) is 1.56. The molecule has 0 saturated heterocycles. The van der Waals surface area contributed by atoms with Gasteiger partial charge in [-0.15, -0.1) is 0 Å². The molecule has 2 aromatic rings. The van der Waals surface area contributed by atoms with Gasteiger partial charge in [-0.05, 0) is 24.6 Å². The van der Waals surface area contributed by atoms with E-state index >= 15 is 0 Å². The summed E-state index contributed by atoms with van der Waals surface area (Å²) in [4.78, 5) is 0. The van der Waals surface area contributed by atoms with Crippen LogP contribution in [-0.4, -0.2) is 14.1 Å². The van der Waals surface area contributed by atoms with Crippen LogP contribution in [-0.2, 0) is 15.8 Å². The first-order valence-electron chi connectivity index (χ1n) is 5.44. The summed E-state index contributed by atoms with van der Waals surface area (Å²) < 4.78 is 32.6. The zero-order chi connectivity index (χ0) is 13.0. The lowest BCUT2D eigenvalue weighted by molar-refractivity contribution is 0.556. The third-order valence-electron chi connectivity index (χ3n) is 2.35. The van der Waals surface area contributed by atoms with Crippen molar-refractivity contribution >= 4 is 15.7 Å². The van der Waals surface area contributed by atoms with Crippen LogP contribution in [0.1, 0.15) is 18.2 Å². The van der Waals surface area contributed by atoms with Gasteiger partial charge in [0.25, 0.3) is 10.0 Å². The molecule has 4 nitrogen and oxygen atoms in total. The molecule has 0 bridgehead atoms. The second kappa shape index (κ2) is 5.18. The smallest absolute Gasteiger partial charge is 0.257 e. The number of rotatable bonds is 4. The van der Waals surface area contributed by atoms with Gasteiger partial charge in [0.1, 0.15) is 5.76 Å². The molecule has 0 fully saturated rings. The lowest BCUT2D eigenvalue weighted by atomic mass is 10.2. The van der Waals surface area contributed by atoms with Gasteiger partial charge < -0.3 is 4.42 Å². The molecular weight excluding hydrogens is 250 g/mol. The molecule has 0 aliphatic rings. The number of benzene rings is 1. The highest BCUT2D eigenvalue weighted by Crippen LogP contribution is 2.10. The van der Waals surface area contributed by atoms with Gasteiger partial charge in [-0.3, -0.25) is 0 Å². The Bertz CT molecular complexity index is 628. The molecule has 94 valence electrons. The van der Waals surface area contributed by atoms with Crippen molar-refractivity contribution in [3.05, 3.63) is 60.1 Å². The molecule has 5 heteroatoms. The Balaban J connectivity index is 2.20. The van der Waals surface area contributed by atoms with Crippen LogP contribution in [0.3, 0.4) is 0 Å². The van der Waals surface area contributed by atoms with Crippen LogP contribution in [0.5, 0.6) is 0 Å². The third-order valence-corrected chi connectivity index (χ3v) is 3.60. The second-order valence-electron chi connectivity index (χ2n) is 3.87. The minimum absolute atomic E-state index is 0.105. The van der Waals surface area contributed by atoms with Gasteiger partial charge in [-0.25, -0.2) is 8.42 Å². The van der Waals surface area contributed by atoms with E-state index in [1.165, 1.54) is 6.26 Å². The quantitative estimate of drug-likeness (QED) is 0.797. The fourth-order valence-corrected chi connectivity index (χ4v) is 2.74. The summed E-state index contributed by atoms with van der Waals surface area (Å²) in [5.74, 6) is 0.359. The Morgan fingerprint density at radius 1 is 1.17 bits per heavy atom. The van der Waals surface area contributed by atoms with E-state index in [0.29, 0.717) is 17.0 Å². The van der Waals surface area contributed by atoms with Crippen LogP contribution < -0.4 is 0 Å². The summed E-state index contributed by atoms with van der Waals surface area (Å²) in [6.07, 6.45) is 1.48. The van der Waals surface area contributed by atoms with Crippen molar-refractivity contribution in [3.8, 4) is 0 Å². The van der Waals surface area contributed by atoms with Crippen molar-refractivity contribution in [3.63, 3.8) is 0 Å². The number of furan rings is 1. The highest BCUT2D eigenvalue weighted by molar-refractivity contribution is 7.89. The second-order valence-corrected chi connectivity index (χ2v) is 5.50. The van der Waals surface area contributed by atoms with E-state index in [4.69, 9.17) is 4.42 Å². The van der Waals surface area contributed by atoms with E-state index < -0.39 is 10.0 Å². The molecule has 0 unspecified atom stereocenters. The lowest BCUT2D eigenvalue weighted by Gasteiger charge is -2.00. The van der Waals surface area contributed by atoms with Gasteiger partial charge in [-0.1, -0.05) is 30.3 Å². The van der Waals surface area contributed by atoms with E-state index in [1.807, 2.05) is 6.07 Å². The fraction of sp³-hybridized carbons (Fsp3) is 0.154. The highest BCUT2D eigenvalue weighted by Gasteiger charge is 2.12. The van der Waals surface area contributed by atoms with Crippen molar-refractivity contribution in [2.24, 2.45) is 4.40 Å². The molecule has 1 aromatic carbocycles. The molecule has 18 heavy (non-hydrogen) atoms. The summed E-state index contributed by atoms with van der Waals surface area (Å²) in [7, 11) is -3.53. The standard InChI is InChI=1S/C13H13NO3S/c1-11(13-8-5-9-17-13)14-18(15,16)10-12-6-3-2-4-7-12/h2-9H,10H2,1H3/b14-11+. The number of hydrogen-bond acceptors (Lipinski definition) is 3. The molecule has 2 rings (SSSR count). The number of nitrogens with zero attached hydrogens (tertiary/aromatic N) is 1. The monoisotopic (exact) mass is 263 g/mol. The van der Waals surface area contributed by atoms with Crippen LogP contribution >= 0.6 is 0 Å². The van der Waals surface area contributed by atoms with E-state index in [1.54, 1.807) is 43.3 Å². The van der Waals surface area contributed by atoms with E-state index in [-0.39, 0.29) is 5.75 Å². The third kappa shape index (κ3) is 3.30. The summed E-state index contributed by atoms with van der Waals surface area (Å²) in [6.45, 7) is 1.61. The van der Waals surface area contributed by atoms with Gasteiger partial charge in [0, 0.05) is 0 Å². The van der Waals surface area contributed by atoms with Crippen molar-refractivity contribution in [1.82, 2.24) is 0 Å². The first-order chi connectivity index (χ1) is 8.57. The average molecular weight is 263 g/mol. The summed E-state index contributed by atoms with van der Waals surface area (Å²) in [5.41, 5.74) is 1.07. The maximum Gasteiger partial charge on any atom is 0.257 e. The van der Waals surface area contributed by atoms with Crippen LogP contribution in [0.15, 0.2) is 57.5 Å². The van der Waals surface area contributed by atoms with Crippen molar-refractivity contribution < 1.29 is 12.8 Å². The molecule has 0 aliphatic carbocycles. The Kier molecular flexibility index (Phi) is 3.62. The van der Waals surface area contributed by atoms with Gasteiger partial charge in [0.15, 0.2) is 0 Å². The van der Waals surface area contributed by atoms with Crippen molar-refractivity contribution in [2.75, 3.05) is 0 Å². The molecule has 0 saturated carbocycles. The zero-order valence-corrected chi connectivity index (χ0v) is 10.7. The molecule has 0 amide bonds. The van der Waals surface area contributed by atoms with Crippen LogP contribution in [0, 0.1) is 0 Å². The molecule has 1 heterocycles. The molecule has 0 spiro atoms. The van der Waals surface area contributed by atoms with Gasteiger partial charge in [0.2, 0.25) is 0 Å². The van der Waals surface area contributed by atoms with E-state index in [2.05, 4.69) is 4.40 Å². The van der Waals surface area contributed by atoms with E-state index in [9.17, 15) is 8.42 Å². The molecule has 1 aromatic heterocycles. The molecule has 0 N–H and O–H groups in total. The van der Waals surface area contributed by atoms with Crippen LogP contribution in [0.25, 0.3) is 0 Å². The largest absolute Gasteiger partial charge is 0.463 e. The SMILES string of the molecule is C/C(=N\S(=O)(=O)Cc1ccccc1)c1ccco1. The Labute approximate surface area is 106 Å². The van der Waals surface area contributed by atoms with Crippen molar-refractivity contribution in [1.29, 1.82) is 0 Å². The number of sulfonamides is 1. The summed E-state index contributed by atoms with van der Waals surface area (Å²) in [5, 5.41) is 0. The average Bonchev–Trinajstić information content (AvgIpc) is 2.82. The first-order valence-corrected chi connectivity index (χ1v) is 7.05. The maximum absolute atomic E-state index is 11.9. The van der Waals surface area contributed by atoms with Crippen molar-refractivity contribution in [2.45, 2.75) is 12.7 Å². The zero-order valence-electron chi connectivity index (χ0n) is 9.91. The Hall–Kier alpha value is -1.88. The highest BCUT2D eigenvalue weighted by atomic mass is 32.2. The normalized spacial score (nSPS) is 12.6. The maximum atomic E-state index is 11.9. The molecule has 0 atom stereocenters. The predicted molar refractivity (Wildman–Crippen MR) is 70.0 cm³/mol. The lowest BCUT2D eigenvalue weighted by Crippen LogP contribution is -2.04. The molecule has 0 aliphatic heterocycles. The molecular formula is C13H13NO3S. The summed E-state index contributed by atoms with van der Waals surface area (Å²) >= 11 is 0. The molecule has 0 radical (unpaired) electrons. The van der Waals surface area contributed by atoms with Crippen LogP contribution in [0.4, 0.5) is 0 Å². The van der Waals surface area contributed by atoms with Crippen LogP contribution in [0.2, 0.25) is 0 Å². The number of hydrogen-bond donors (Lipinski definition) is 0. The minimum atomic E-state index is -3.53. The minimum Gasteiger partial charge on any atom is -0.463 e. The topological polar surface area (TPSA) is 59.6 Å².